The summed E-state index contributed by atoms with van der Waals surface area (Å²) in [7, 11) is 0. The van der Waals surface area contributed by atoms with Crippen LogP contribution in [0.1, 0.15) is 111 Å². The molecular weight excluding hydrogens is 582 g/mol. The van der Waals surface area contributed by atoms with Crippen LogP contribution in [0, 0.1) is 0 Å². The Bertz CT molecular complexity index is 819. The largest absolute Gasteiger partial charge is 0.463 e. The van der Waals surface area contributed by atoms with Gasteiger partial charge >= 0.3 is 23.9 Å². The van der Waals surface area contributed by atoms with Gasteiger partial charge in [0.25, 0.3) is 0 Å². The maximum atomic E-state index is 12.3. The molecule has 0 saturated carbocycles. The molecule has 0 radical (unpaired) electrons. The summed E-state index contributed by atoms with van der Waals surface area (Å²) >= 11 is 0. The number of esters is 4. The van der Waals surface area contributed by atoms with Crippen molar-refractivity contribution in [1.29, 1.82) is 0 Å². The van der Waals surface area contributed by atoms with Crippen molar-refractivity contribution in [3.63, 3.8) is 0 Å². The van der Waals surface area contributed by atoms with E-state index in [1.54, 1.807) is 0 Å². The topological polar surface area (TPSA) is 149 Å². The number of carbonyl (C=O) groups excluding carboxylic acids is 4. The predicted molar refractivity (Wildman–Crippen MR) is 172 cm³/mol. The van der Waals surface area contributed by atoms with Crippen molar-refractivity contribution in [2.24, 2.45) is 0 Å². The zero-order valence-electron chi connectivity index (χ0n) is 28.0. The lowest BCUT2D eigenvalue weighted by molar-refractivity contribution is -0.151. The summed E-state index contributed by atoms with van der Waals surface area (Å²) in [5, 5.41) is 19.8. The van der Waals surface area contributed by atoms with Crippen LogP contribution >= 0.6 is 0 Å². The Hall–Kier alpha value is -2.76. The molecule has 0 amide bonds. The van der Waals surface area contributed by atoms with Crippen LogP contribution in [0.15, 0.2) is 24.3 Å². The van der Waals surface area contributed by atoms with Gasteiger partial charge in [-0.1, -0.05) is 90.7 Å². The van der Waals surface area contributed by atoms with Crippen LogP contribution in [0.5, 0.6) is 0 Å². The van der Waals surface area contributed by atoms with E-state index in [1.165, 1.54) is 71.6 Å². The number of rotatable bonds is 29. The van der Waals surface area contributed by atoms with Gasteiger partial charge in [0, 0.05) is 24.2 Å². The Kier molecular flexibility index (Phi) is 25.9. The van der Waals surface area contributed by atoms with Gasteiger partial charge in [0.05, 0.1) is 12.8 Å². The van der Waals surface area contributed by atoms with Crippen LogP contribution in [-0.2, 0) is 38.1 Å². The first-order chi connectivity index (χ1) is 21.5. The fourth-order valence-corrected chi connectivity index (χ4v) is 4.22. The van der Waals surface area contributed by atoms with Crippen molar-refractivity contribution in [2.45, 2.75) is 123 Å². The number of hydrogen-bond donors (Lipinski definition) is 2. The van der Waals surface area contributed by atoms with Crippen LogP contribution in [0.4, 0.5) is 0 Å². The highest BCUT2D eigenvalue weighted by atomic mass is 16.6. The van der Waals surface area contributed by atoms with E-state index in [4.69, 9.17) is 18.9 Å². The second-order valence-corrected chi connectivity index (χ2v) is 11.7. The number of aliphatic hydroxyl groups excluding tert-OH is 2. The average molecular weight is 642 g/mol. The molecule has 0 heterocycles. The lowest BCUT2D eigenvalue weighted by Gasteiger charge is -2.22. The molecule has 45 heavy (non-hydrogen) atoms. The van der Waals surface area contributed by atoms with Crippen molar-refractivity contribution in [1.82, 2.24) is 4.90 Å². The van der Waals surface area contributed by atoms with Gasteiger partial charge in [-0.05, 0) is 26.8 Å². The minimum absolute atomic E-state index is 0.0539. The Morgan fingerprint density at radius 2 is 0.889 bits per heavy atom. The van der Waals surface area contributed by atoms with Gasteiger partial charge in [-0.3, -0.25) is 9.59 Å². The Balaban J connectivity index is 4.53. The van der Waals surface area contributed by atoms with E-state index in [9.17, 15) is 29.4 Å². The summed E-state index contributed by atoms with van der Waals surface area (Å²) in [5.41, 5.74) is 0.410. The third-order valence-corrected chi connectivity index (χ3v) is 6.98. The third kappa shape index (κ3) is 26.2. The number of unbranched alkanes of at least 4 members (excludes halogenated alkanes) is 11. The number of carbonyl (C=O) groups is 4. The van der Waals surface area contributed by atoms with E-state index in [0.717, 1.165) is 19.3 Å². The standard InChI is InChI=1S/C34H59NO10/c1-6-7-8-9-10-11-12-13-14-15-16-17-20-35(21-18-31(38)42-23-29(36)25-44-33(40)27(2)3)22-19-32(39)43-24-30(37)26-45-34(41)28(4)5/h29-30,36-37H,2,4,6-26H2,1,3,5H3. The van der Waals surface area contributed by atoms with E-state index < -0.39 is 36.1 Å². The summed E-state index contributed by atoms with van der Waals surface area (Å²) in [6.45, 7) is 12.3. The van der Waals surface area contributed by atoms with Gasteiger partial charge in [0.2, 0.25) is 0 Å². The maximum absolute atomic E-state index is 12.3. The number of nitrogens with zero attached hydrogens (tertiary/aromatic N) is 1. The van der Waals surface area contributed by atoms with Crippen LogP contribution in [0.3, 0.4) is 0 Å². The molecule has 0 fully saturated rings. The van der Waals surface area contributed by atoms with Gasteiger partial charge in [-0.15, -0.1) is 0 Å². The molecule has 0 aliphatic heterocycles. The molecule has 0 aromatic rings. The molecule has 0 rings (SSSR count). The van der Waals surface area contributed by atoms with Crippen LogP contribution < -0.4 is 0 Å². The summed E-state index contributed by atoms with van der Waals surface area (Å²) in [4.78, 5) is 49.5. The van der Waals surface area contributed by atoms with Crippen molar-refractivity contribution in [3.05, 3.63) is 24.3 Å². The van der Waals surface area contributed by atoms with E-state index >= 15 is 0 Å². The molecule has 0 aromatic carbocycles. The molecule has 0 bridgehead atoms. The number of ether oxygens (including phenoxy) is 4. The fourth-order valence-electron chi connectivity index (χ4n) is 4.22. The smallest absolute Gasteiger partial charge is 0.333 e. The Labute approximate surface area is 270 Å². The monoisotopic (exact) mass is 641 g/mol. The van der Waals surface area contributed by atoms with Crippen molar-refractivity contribution in [2.75, 3.05) is 46.1 Å². The average Bonchev–Trinajstić information content (AvgIpc) is 3.01. The first kappa shape index (κ1) is 42.2. The molecule has 2 atom stereocenters. The second kappa shape index (κ2) is 27.5. The second-order valence-electron chi connectivity index (χ2n) is 11.7. The molecule has 2 N–H and O–H groups in total. The molecule has 0 aromatic heterocycles. The maximum Gasteiger partial charge on any atom is 0.333 e. The molecule has 2 unspecified atom stereocenters. The normalized spacial score (nSPS) is 12.3. The zero-order chi connectivity index (χ0) is 33.9. The van der Waals surface area contributed by atoms with Crippen molar-refractivity contribution in [3.8, 4) is 0 Å². The SMILES string of the molecule is C=C(C)C(=O)OCC(O)COC(=O)CCN(CCCCCCCCCCCCCC)CCC(=O)OCC(O)COC(=O)C(=C)C. The van der Waals surface area contributed by atoms with Crippen LogP contribution in [0.25, 0.3) is 0 Å². The van der Waals surface area contributed by atoms with Gasteiger partial charge < -0.3 is 34.1 Å². The van der Waals surface area contributed by atoms with Crippen molar-refractivity contribution >= 4 is 23.9 Å². The predicted octanol–water partition coefficient (Wildman–Crippen LogP) is 4.82. The van der Waals surface area contributed by atoms with Gasteiger partial charge in [-0.2, -0.15) is 0 Å². The minimum atomic E-state index is -1.15. The minimum Gasteiger partial charge on any atom is -0.463 e. The highest BCUT2D eigenvalue weighted by Crippen LogP contribution is 2.12. The quantitative estimate of drug-likeness (QED) is 0.0501. The molecular formula is C34H59NO10. The van der Waals surface area contributed by atoms with E-state index in [-0.39, 0.29) is 50.4 Å². The highest BCUT2D eigenvalue weighted by molar-refractivity contribution is 5.87. The third-order valence-electron chi connectivity index (χ3n) is 6.98. The van der Waals surface area contributed by atoms with Crippen LogP contribution in [0.2, 0.25) is 0 Å². The van der Waals surface area contributed by atoms with Crippen molar-refractivity contribution < 1.29 is 48.3 Å². The van der Waals surface area contributed by atoms with E-state index in [0.29, 0.717) is 19.6 Å². The molecule has 260 valence electrons. The van der Waals surface area contributed by atoms with E-state index in [2.05, 4.69) is 20.1 Å². The lowest BCUT2D eigenvalue weighted by Crippen LogP contribution is -2.32. The molecule has 0 saturated heterocycles. The Morgan fingerprint density at radius 1 is 0.556 bits per heavy atom. The van der Waals surface area contributed by atoms with Gasteiger partial charge in [0.15, 0.2) is 0 Å². The lowest BCUT2D eigenvalue weighted by atomic mass is 10.1. The van der Waals surface area contributed by atoms with Crippen LogP contribution in [-0.4, -0.2) is 97.3 Å². The molecule has 0 spiro atoms. The summed E-state index contributed by atoms with van der Waals surface area (Å²) < 4.78 is 19.9. The number of hydrogen-bond acceptors (Lipinski definition) is 11. The van der Waals surface area contributed by atoms with Gasteiger partial charge in [0.1, 0.15) is 38.6 Å². The molecule has 0 aliphatic carbocycles. The fraction of sp³-hybridized carbons (Fsp3) is 0.765. The summed E-state index contributed by atoms with van der Waals surface area (Å²) in [6, 6.07) is 0. The molecule has 11 nitrogen and oxygen atoms in total. The summed E-state index contributed by atoms with van der Waals surface area (Å²) in [6.07, 6.45) is 12.5. The highest BCUT2D eigenvalue weighted by Gasteiger charge is 2.16. The van der Waals surface area contributed by atoms with E-state index in [1.807, 2.05) is 4.90 Å². The first-order valence-corrected chi connectivity index (χ1v) is 16.5. The van der Waals surface area contributed by atoms with Gasteiger partial charge in [-0.25, -0.2) is 9.59 Å². The Morgan fingerprint density at radius 3 is 1.24 bits per heavy atom. The number of aliphatic hydroxyl groups is 2. The first-order valence-electron chi connectivity index (χ1n) is 16.5. The summed E-state index contributed by atoms with van der Waals surface area (Å²) in [5.74, 6) is -2.30. The molecule has 11 heteroatoms. The molecule has 0 aliphatic rings. The zero-order valence-corrected chi connectivity index (χ0v) is 28.0.